The molecule has 0 radical (unpaired) electrons. The topological polar surface area (TPSA) is 38.7 Å². The van der Waals surface area contributed by atoms with Gasteiger partial charge < -0.3 is 14.6 Å². The Bertz CT molecular complexity index is 725. The van der Waals surface area contributed by atoms with Gasteiger partial charge in [-0.1, -0.05) is 19.9 Å². The van der Waals surface area contributed by atoms with Gasteiger partial charge >= 0.3 is 0 Å². The fraction of sp³-hybridized carbons (Fsp3) is 0.769. The Morgan fingerprint density at radius 3 is 2.90 bits per heavy atom. The van der Waals surface area contributed by atoms with Crippen LogP contribution in [-0.4, -0.2) is 24.6 Å². The summed E-state index contributed by atoms with van der Waals surface area (Å²) in [5, 5.41) is 9.90. The summed E-state index contributed by atoms with van der Waals surface area (Å²) in [6, 6.07) is 6.14. The van der Waals surface area contributed by atoms with E-state index in [2.05, 4.69) is 19.9 Å². The largest absolute Gasteiger partial charge is 0.508 e. The highest BCUT2D eigenvalue weighted by molar-refractivity contribution is 5.40. The molecule has 2 unspecified atom stereocenters. The Morgan fingerprint density at radius 2 is 2.07 bits per heavy atom. The van der Waals surface area contributed by atoms with E-state index in [0.29, 0.717) is 23.0 Å². The number of hydrogen-bond acceptors (Lipinski definition) is 3. The number of rotatable bonds is 4. The van der Waals surface area contributed by atoms with Crippen LogP contribution >= 0.6 is 0 Å². The number of phenols is 1. The molecule has 2 saturated carbocycles. The second-order valence-corrected chi connectivity index (χ2v) is 10.6. The molecule has 0 aromatic heterocycles. The van der Waals surface area contributed by atoms with Crippen molar-refractivity contribution in [2.24, 2.45) is 29.1 Å². The highest BCUT2D eigenvalue weighted by atomic mass is 16.7. The average Bonchev–Trinajstić information content (AvgIpc) is 3.09. The zero-order chi connectivity index (χ0) is 20.0. The van der Waals surface area contributed by atoms with Gasteiger partial charge in [0.2, 0.25) is 0 Å². The number of phenolic OH excluding ortho intramolecular Hbond substituents is 1. The maximum Gasteiger partial charge on any atom is 0.157 e. The zero-order valence-electron chi connectivity index (χ0n) is 18.2. The molecule has 0 bridgehead atoms. The molecule has 1 aromatic carbocycles. The van der Waals surface area contributed by atoms with E-state index in [9.17, 15) is 5.11 Å². The smallest absolute Gasteiger partial charge is 0.157 e. The zero-order valence-corrected chi connectivity index (χ0v) is 18.2. The summed E-state index contributed by atoms with van der Waals surface area (Å²) in [6.07, 6.45) is 11.4. The third kappa shape index (κ3) is 3.53. The van der Waals surface area contributed by atoms with Crippen molar-refractivity contribution in [3.8, 4) is 5.75 Å². The van der Waals surface area contributed by atoms with Gasteiger partial charge in [0.25, 0.3) is 0 Å². The third-order valence-corrected chi connectivity index (χ3v) is 9.15. The van der Waals surface area contributed by atoms with Gasteiger partial charge in [-0.3, -0.25) is 0 Å². The van der Waals surface area contributed by atoms with Crippen LogP contribution in [0.5, 0.6) is 5.75 Å². The van der Waals surface area contributed by atoms with Crippen LogP contribution in [0.15, 0.2) is 18.2 Å². The fourth-order valence-corrected chi connectivity index (χ4v) is 7.76. The number of ether oxygens (including phenoxy) is 2. The first-order chi connectivity index (χ1) is 14.1. The molecule has 3 aliphatic carbocycles. The second kappa shape index (κ2) is 7.89. The Hall–Kier alpha value is -1.06. The molecule has 3 nitrogen and oxygen atoms in total. The summed E-state index contributed by atoms with van der Waals surface area (Å²) in [5.74, 6) is 4.20. The molecule has 1 N–H and O–H groups in total. The van der Waals surface area contributed by atoms with Gasteiger partial charge in [0.05, 0.1) is 6.61 Å². The number of hydrogen-bond donors (Lipinski definition) is 1. The van der Waals surface area contributed by atoms with Crippen LogP contribution in [-0.2, 0) is 15.9 Å². The SMILES string of the molecule is CC(COC1CCCCO1)[C@H]1CC[C@H]2[C@@H]3CCc4cc(O)ccc4[C@H]3CC[C@]12C. The van der Waals surface area contributed by atoms with Crippen molar-refractivity contribution >= 4 is 0 Å². The molecule has 1 heterocycles. The van der Waals surface area contributed by atoms with E-state index in [-0.39, 0.29) is 6.29 Å². The lowest BCUT2D eigenvalue weighted by Gasteiger charge is -2.52. The molecule has 1 saturated heterocycles. The predicted octanol–water partition coefficient (Wildman–Crippen LogP) is 6.04. The molecule has 4 aliphatic rings. The molecule has 7 atom stereocenters. The highest BCUT2D eigenvalue weighted by Gasteiger charge is 2.55. The number of benzene rings is 1. The molecule has 3 heteroatoms. The van der Waals surface area contributed by atoms with E-state index in [1.165, 1.54) is 56.1 Å². The summed E-state index contributed by atoms with van der Waals surface area (Å²) < 4.78 is 12.0. The van der Waals surface area contributed by atoms with Crippen molar-refractivity contribution in [1.29, 1.82) is 0 Å². The lowest BCUT2D eigenvalue weighted by molar-refractivity contribution is -0.173. The van der Waals surface area contributed by atoms with Crippen LogP contribution in [0, 0.1) is 29.1 Å². The van der Waals surface area contributed by atoms with Gasteiger partial charge in [0.15, 0.2) is 6.29 Å². The molecule has 29 heavy (non-hydrogen) atoms. The van der Waals surface area contributed by atoms with E-state index in [1.54, 1.807) is 0 Å². The van der Waals surface area contributed by atoms with Crippen LogP contribution in [0.25, 0.3) is 0 Å². The van der Waals surface area contributed by atoms with Gasteiger partial charge in [-0.25, -0.2) is 0 Å². The third-order valence-electron chi connectivity index (χ3n) is 9.15. The van der Waals surface area contributed by atoms with Crippen molar-refractivity contribution < 1.29 is 14.6 Å². The summed E-state index contributed by atoms with van der Waals surface area (Å²) in [7, 11) is 0. The first-order valence-corrected chi connectivity index (χ1v) is 12.1. The van der Waals surface area contributed by atoms with Crippen LogP contribution < -0.4 is 0 Å². The van der Waals surface area contributed by atoms with Crippen LogP contribution in [0.2, 0.25) is 0 Å². The lowest BCUT2D eigenvalue weighted by Crippen LogP contribution is -2.44. The average molecular weight is 399 g/mol. The van der Waals surface area contributed by atoms with Crippen LogP contribution in [0.4, 0.5) is 0 Å². The van der Waals surface area contributed by atoms with Gasteiger partial charge in [0.1, 0.15) is 5.75 Å². The number of aryl methyl sites for hydroxylation is 1. The van der Waals surface area contributed by atoms with Gasteiger partial charge in [0, 0.05) is 6.61 Å². The number of aromatic hydroxyl groups is 1. The fourth-order valence-electron chi connectivity index (χ4n) is 7.76. The molecule has 160 valence electrons. The van der Waals surface area contributed by atoms with Gasteiger partial charge in [-0.15, -0.1) is 0 Å². The Balaban J connectivity index is 1.28. The molecule has 0 spiro atoms. The molecule has 1 aliphatic heterocycles. The predicted molar refractivity (Wildman–Crippen MR) is 115 cm³/mol. The normalized spacial score (nSPS) is 40.0. The number of fused-ring (bicyclic) bond motifs is 5. The van der Waals surface area contributed by atoms with E-state index >= 15 is 0 Å². The first kappa shape index (κ1) is 19.9. The van der Waals surface area contributed by atoms with Crippen molar-refractivity contribution in [1.82, 2.24) is 0 Å². The van der Waals surface area contributed by atoms with Gasteiger partial charge in [-0.2, -0.15) is 0 Å². The summed E-state index contributed by atoms with van der Waals surface area (Å²) in [5.41, 5.74) is 3.40. The van der Waals surface area contributed by atoms with E-state index < -0.39 is 0 Å². The van der Waals surface area contributed by atoms with Crippen molar-refractivity contribution in [2.45, 2.75) is 83.8 Å². The van der Waals surface area contributed by atoms with E-state index in [0.717, 1.165) is 43.8 Å². The maximum absolute atomic E-state index is 9.90. The lowest BCUT2D eigenvalue weighted by atomic mass is 9.53. The summed E-state index contributed by atoms with van der Waals surface area (Å²) in [6.45, 7) is 6.75. The summed E-state index contributed by atoms with van der Waals surface area (Å²) >= 11 is 0. The Kier molecular flexibility index (Phi) is 5.41. The monoisotopic (exact) mass is 398 g/mol. The first-order valence-electron chi connectivity index (χ1n) is 12.1. The second-order valence-electron chi connectivity index (χ2n) is 10.6. The van der Waals surface area contributed by atoms with Crippen LogP contribution in [0.1, 0.15) is 82.3 Å². The highest BCUT2D eigenvalue weighted by Crippen LogP contribution is 2.64. The quantitative estimate of drug-likeness (QED) is 0.671. The molecule has 1 aromatic rings. The molecule has 5 rings (SSSR count). The van der Waals surface area contributed by atoms with Crippen molar-refractivity contribution in [2.75, 3.05) is 13.2 Å². The Morgan fingerprint density at radius 1 is 1.17 bits per heavy atom. The van der Waals surface area contributed by atoms with Crippen molar-refractivity contribution in [3.05, 3.63) is 29.3 Å². The van der Waals surface area contributed by atoms with Crippen molar-refractivity contribution in [3.63, 3.8) is 0 Å². The van der Waals surface area contributed by atoms with Gasteiger partial charge in [-0.05, 0) is 116 Å². The molecular formula is C26H38O3. The minimum Gasteiger partial charge on any atom is -0.508 e. The van der Waals surface area contributed by atoms with E-state index in [4.69, 9.17) is 9.47 Å². The molecule has 0 amide bonds. The minimum atomic E-state index is 0.0400. The molecular weight excluding hydrogens is 360 g/mol. The maximum atomic E-state index is 9.90. The molecule has 3 fully saturated rings. The summed E-state index contributed by atoms with van der Waals surface area (Å²) in [4.78, 5) is 0. The van der Waals surface area contributed by atoms with E-state index in [1.807, 2.05) is 12.1 Å². The Labute approximate surface area is 176 Å². The standard InChI is InChI=1S/C26H38O3/c1-17(16-29-25-5-3-4-14-28-25)23-10-11-24-22-8-6-18-15-19(27)7-9-20(18)21(22)12-13-26(23,24)2/h7,9,15,17,21-25,27H,3-6,8,10-14,16H2,1-2H3/t17?,21-,22-,23-,24+,25?,26-/m1/s1. The minimum absolute atomic E-state index is 0.0400. The van der Waals surface area contributed by atoms with Crippen LogP contribution in [0.3, 0.4) is 0 Å².